The van der Waals surface area contributed by atoms with Crippen LogP contribution in [0.3, 0.4) is 0 Å². The molecule has 3 atom stereocenters. The summed E-state index contributed by atoms with van der Waals surface area (Å²) in [5, 5.41) is 0. The number of allylic oxidation sites excluding steroid dienone is 3. The third kappa shape index (κ3) is 3.55. The van der Waals surface area contributed by atoms with Gasteiger partial charge in [-0.15, -0.1) is 0 Å². The lowest BCUT2D eigenvalue weighted by Gasteiger charge is -2.14. The molecule has 0 saturated carbocycles. The van der Waals surface area contributed by atoms with Gasteiger partial charge in [0.05, 0.1) is 24.4 Å². The normalized spacial score (nSPS) is 41.6. The number of ether oxygens (including phenoxy) is 2. The molecule has 0 bridgehead atoms. The van der Waals surface area contributed by atoms with E-state index in [-0.39, 0.29) is 11.7 Å². The van der Waals surface area contributed by atoms with Crippen molar-refractivity contribution in [2.24, 2.45) is 0 Å². The van der Waals surface area contributed by atoms with E-state index in [4.69, 9.17) is 9.47 Å². The molecule has 2 heteroatoms. The van der Waals surface area contributed by atoms with Crippen LogP contribution in [-0.2, 0) is 9.47 Å². The van der Waals surface area contributed by atoms with Gasteiger partial charge in [0, 0.05) is 0 Å². The fourth-order valence-electron chi connectivity index (χ4n) is 3.77. The molecule has 0 aromatic carbocycles. The summed E-state index contributed by atoms with van der Waals surface area (Å²) in [6, 6.07) is 0. The lowest BCUT2D eigenvalue weighted by Crippen LogP contribution is -2.11. The molecule has 22 heavy (non-hydrogen) atoms. The largest absolute Gasteiger partial charge is 0.366 e. The highest BCUT2D eigenvalue weighted by atomic mass is 16.6. The highest BCUT2D eigenvalue weighted by Crippen LogP contribution is 2.43. The zero-order valence-corrected chi connectivity index (χ0v) is 14.6. The summed E-state index contributed by atoms with van der Waals surface area (Å²) in [6.45, 7) is 9.81. The fourth-order valence-corrected chi connectivity index (χ4v) is 3.77. The molecule has 1 unspecified atom stereocenters. The van der Waals surface area contributed by atoms with Gasteiger partial charge in [-0.3, -0.25) is 0 Å². The van der Waals surface area contributed by atoms with E-state index in [9.17, 15) is 0 Å². The topological polar surface area (TPSA) is 21.8 Å². The Morgan fingerprint density at radius 3 is 2.73 bits per heavy atom. The van der Waals surface area contributed by atoms with Gasteiger partial charge in [-0.1, -0.05) is 23.3 Å². The van der Waals surface area contributed by atoms with Gasteiger partial charge in [-0.05, 0) is 77.4 Å². The van der Waals surface area contributed by atoms with Gasteiger partial charge in [0.15, 0.2) is 0 Å². The average Bonchev–Trinajstić information content (AvgIpc) is 2.98. The number of rotatable bonds is 0. The minimum Gasteiger partial charge on any atom is -0.366 e. The van der Waals surface area contributed by atoms with Crippen molar-refractivity contribution in [3.63, 3.8) is 0 Å². The van der Waals surface area contributed by atoms with Crippen LogP contribution >= 0.6 is 0 Å². The Kier molecular flexibility index (Phi) is 4.61. The smallest absolute Gasteiger partial charge is 0.0977 e. The highest BCUT2D eigenvalue weighted by Gasteiger charge is 2.50. The summed E-state index contributed by atoms with van der Waals surface area (Å²) in [6.07, 6.45) is 12.3. The van der Waals surface area contributed by atoms with Gasteiger partial charge in [0.25, 0.3) is 0 Å². The summed E-state index contributed by atoms with van der Waals surface area (Å²) in [5.41, 5.74) is 6.03. The molecule has 0 amide bonds. The Balaban J connectivity index is 1.76. The van der Waals surface area contributed by atoms with Crippen molar-refractivity contribution >= 4 is 0 Å². The second kappa shape index (κ2) is 6.33. The monoisotopic (exact) mass is 302 g/mol. The molecule has 3 rings (SSSR count). The van der Waals surface area contributed by atoms with Crippen molar-refractivity contribution in [3.05, 3.63) is 34.4 Å². The van der Waals surface area contributed by atoms with E-state index < -0.39 is 0 Å². The number of fused-ring (bicyclic) bond motifs is 2. The number of epoxide rings is 1. The first-order valence-electron chi connectivity index (χ1n) is 8.79. The predicted molar refractivity (Wildman–Crippen MR) is 90.9 cm³/mol. The van der Waals surface area contributed by atoms with Crippen LogP contribution in [0.15, 0.2) is 34.4 Å². The second-order valence-corrected chi connectivity index (χ2v) is 7.60. The molecule has 0 spiro atoms. The predicted octanol–water partition coefficient (Wildman–Crippen LogP) is 5.11. The zero-order valence-electron chi connectivity index (χ0n) is 14.6. The van der Waals surface area contributed by atoms with Crippen LogP contribution in [0.4, 0.5) is 0 Å². The second-order valence-electron chi connectivity index (χ2n) is 7.60. The van der Waals surface area contributed by atoms with Crippen molar-refractivity contribution in [2.45, 2.75) is 84.0 Å². The molecule has 0 N–H and O–H groups in total. The standard InChI is InChI=1S/C20H30O2/c1-14-6-5-11-20(4)19(22-20)10-8-15(2)12-18-17(9-7-14)16(3)13-21-18/h6,12,18-19H,5,7-11,13H2,1-4H3/b14-6+,15-12+/t18-,19?,20+/m0/s1. The Morgan fingerprint density at radius 2 is 1.91 bits per heavy atom. The molecule has 1 aliphatic carbocycles. The first-order chi connectivity index (χ1) is 10.5. The first-order valence-corrected chi connectivity index (χ1v) is 8.79. The first kappa shape index (κ1) is 16.0. The van der Waals surface area contributed by atoms with Crippen LogP contribution < -0.4 is 0 Å². The highest BCUT2D eigenvalue weighted by molar-refractivity contribution is 5.29. The van der Waals surface area contributed by atoms with Gasteiger partial charge in [-0.2, -0.15) is 0 Å². The molecule has 0 aromatic rings. The van der Waals surface area contributed by atoms with Crippen molar-refractivity contribution < 1.29 is 9.47 Å². The van der Waals surface area contributed by atoms with Crippen molar-refractivity contribution in [3.8, 4) is 0 Å². The van der Waals surface area contributed by atoms with Crippen LogP contribution in [0.2, 0.25) is 0 Å². The zero-order chi connectivity index (χ0) is 15.7. The molecule has 2 heterocycles. The van der Waals surface area contributed by atoms with Crippen LogP contribution in [0.1, 0.15) is 66.2 Å². The Bertz CT molecular complexity index is 526. The third-order valence-electron chi connectivity index (χ3n) is 5.57. The van der Waals surface area contributed by atoms with E-state index >= 15 is 0 Å². The Labute approximate surface area is 135 Å². The van der Waals surface area contributed by atoms with Crippen LogP contribution in [0, 0.1) is 0 Å². The molecule has 1 saturated heterocycles. The lowest BCUT2D eigenvalue weighted by atomic mass is 9.93. The van der Waals surface area contributed by atoms with Gasteiger partial charge in [0.2, 0.25) is 0 Å². The van der Waals surface area contributed by atoms with Crippen molar-refractivity contribution in [1.29, 1.82) is 0 Å². The fraction of sp³-hybridized carbons (Fsp3) is 0.700. The maximum absolute atomic E-state index is 5.99. The van der Waals surface area contributed by atoms with E-state index in [1.165, 1.54) is 22.3 Å². The minimum atomic E-state index is 0.132. The molecule has 0 aromatic heterocycles. The molecule has 0 radical (unpaired) electrons. The van der Waals surface area contributed by atoms with Gasteiger partial charge >= 0.3 is 0 Å². The Hall–Kier alpha value is -0.860. The van der Waals surface area contributed by atoms with Crippen molar-refractivity contribution in [1.82, 2.24) is 0 Å². The average molecular weight is 302 g/mol. The third-order valence-corrected chi connectivity index (χ3v) is 5.57. The molecular formula is C20H30O2. The number of hydrogen-bond acceptors (Lipinski definition) is 2. The summed E-state index contributed by atoms with van der Waals surface area (Å²) < 4.78 is 12.0. The van der Waals surface area contributed by atoms with Crippen molar-refractivity contribution in [2.75, 3.05) is 6.61 Å². The van der Waals surface area contributed by atoms with Gasteiger partial charge < -0.3 is 9.47 Å². The minimum absolute atomic E-state index is 0.132. The lowest BCUT2D eigenvalue weighted by molar-refractivity contribution is 0.150. The van der Waals surface area contributed by atoms with Crippen LogP contribution in [0.25, 0.3) is 0 Å². The van der Waals surface area contributed by atoms with Crippen LogP contribution in [-0.4, -0.2) is 24.4 Å². The molecule has 2 nitrogen and oxygen atoms in total. The van der Waals surface area contributed by atoms with E-state index in [1.807, 2.05) is 0 Å². The van der Waals surface area contributed by atoms with Gasteiger partial charge in [0.1, 0.15) is 0 Å². The molecule has 122 valence electrons. The van der Waals surface area contributed by atoms with Crippen LogP contribution in [0.5, 0.6) is 0 Å². The van der Waals surface area contributed by atoms with Gasteiger partial charge in [-0.25, -0.2) is 0 Å². The summed E-state index contributed by atoms with van der Waals surface area (Å²) in [4.78, 5) is 0. The van der Waals surface area contributed by atoms with E-state index in [1.54, 1.807) is 0 Å². The SMILES string of the molecule is CC1=C2CC/C(C)=C/CC[C@@]3(C)OC3CC/C(C)=C/[C@@H]2OC1. The van der Waals surface area contributed by atoms with E-state index in [0.717, 1.165) is 45.1 Å². The summed E-state index contributed by atoms with van der Waals surface area (Å²) in [5.74, 6) is 0. The quantitative estimate of drug-likeness (QED) is 0.458. The molecular weight excluding hydrogens is 272 g/mol. The maximum atomic E-state index is 5.99. The van der Waals surface area contributed by atoms with E-state index in [2.05, 4.69) is 39.8 Å². The number of hydrogen-bond donors (Lipinski definition) is 0. The summed E-state index contributed by atoms with van der Waals surface area (Å²) >= 11 is 0. The summed E-state index contributed by atoms with van der Waals surface area (Å²) in [7, 11) is 0. The molecule has 1 fully saturated rings. The van der Waals surface area contributed by atoms with E-state index in [0.29, 0.717) is 6.10 Å². The molecule has 3 aliphatic rings. The maximum Gasteiger partial charge on any atom is 0.0977 e. The Morgan fingerprint density at radius 1 is 1.09 bits per heavy atom. The molecule has 2 aliphatic heterocycles.